The van der Waals surface area contributed by atoms with Gasteiger partial charge in [0.15, 0.2) is 0 Å². The van der Waals surface area contributed by atoms with Crippen LogP contribution in [-0.4, -0.2) is 13.7 Å². The Kier molecular flexibility index (Phi) is 3.26. The first-order valence-electron chi connectivity index (χ1n) is 5.01. The van der Waals surface area contributed by atoms with Crippen LogP contribution in [0.15, 0.2) is 16.6 Å². The van der Waals surface area contributed by atoms with Crippen molar-refractivity contribution < 1.29 is 9.13 Å². The summed E-state index contributed by atoms with van der Waals surface area (Å²) in [6, 6.07) is 3.51. The minimum absolute atomic E-state index is 0.249. The number of ether oxygens (including phenoxy) is 1. The third-order valence-corrected chi connectivity index (χ3v) is 3.28. The zero-order valence-corrected chi connectivity index (χ0v) is 10.1. The summed E-state index contributed by atoms with van der Waals surface area (Å²) in [5.41, 5.74) is 1.03. The zero-order valence-electron chi connectivity index (χ0n) is 8.52. The van der Waals surface area contributed by atoms with Gasteiger partial charge >= 0.3 is 0 Å². The molecule has 1 heterocycles. The van der Waals surface area contributed by atoms with Gasteiger partial charge in [-0.05, 0) is 41.9 Å². The predicted molar refractivity (Wildman–Crippen MR) is 60.6 cm³/mol. The Morgan fingerprint density at radius 3 is 3.07 bits per heavy atom. The first kappa shape index (κ1) is 10.9. The molecule has 82 valence electrons. The lowest BCUT2D eigenvalue weighted by Gasteiger charge is -2.16. The Hall–Kier alpha value is -0.610. The Morgan fingerprint density at radius 2 is 2.33 bits per heavy atom. The summed E-state index contributed by atoms with van der Waals surface area (Å²) in [4.78, 5) is 0. The third-order valence-electron chi connectivity index (χ3n) is 2.67. The molecule has 0 aromatic heterocycles. The van der Waals surface area contributed by atoms with Crippen LogP contribution in [-0.2, 0) is 0 Å². The van der Waals surface area contributed by atoms with Crippen LogP contribution in [0.3, 0.4) is 0 Å². The Morgan fingerprint density at radius 1 is 1.53 bits per heavy atom. The van der Waals surface area contributed by atoms with Gasteiger partial charge in [0.05, 0.1) is 11.1 Å². The van der Waals surface area contributed by atoms with Gasteiger partial charge in [0.25, 0.3) is 0 Å². The minimum Gasteiger partial charge on any atom is -0.493 e. The minimum atomic E-state index is -0.273. The van der Waals surface area contributed by atoms with E-state index < -0.39 is 0 Å². The number of hydrogen-bond donors (Lipinski definition) is 1. The van der Waals surface area contributed by atoms with E-state index in [4.69, 9.17) is 4.74 Å². The highest BCUT2D eigenvalue weighted by atomic mass is 79.9. The van der Waals surface area contributed by atoms with E-state index in [1.165, 1.54) is 6.07 Å². The molecule has 15 heavy (non-hydrogen) atoms. The summed E-state index contributed by atoms with van der Waals surface area (Å²) >= 11 is 3.20. The van der Waals surface area contributed by atoms with Crippen LogP contribution in [0.4, 0.5) is 4.39 Å². The van der Waals surface area contributed by atoms with Gasteiger partial charge in [-0.15, -0.1) is 0 Å². The summed E-state index contributed by atoms with van der Waals surface area (Å²) in [5.74, 6) is 0.387. The molecule has 0 fully saturated rings. The van der Waals surface area contributed by atoms with Crippen molar-refractivity contribution in [3.05, 3.63) is 28.0 Å². The van der Waals surface area contributed by atoms with E-state index in [0.717, 1.165) is 18.4 Å². The van der Waals surface area contributed by atoms with E-state index in [0.29, 0.717) is 16.8 Å². The molecule has 0 amide bonds. The van der Waals surface area contributed by atoms with Crippen LogP contribution in [0.25, 0.3) is 0 Å². The second kappa shape index (κ2) is 4.49. The van der Waals surface area contributed by atoms with Crippen LogP contribution >= 0.6 is 15.9 Å². The van der Waals surface area contributed by atoms with Gasteiger partial charge in [0, 0.05) is 17.7 Å². The van der Waals surface area contributed by atoms with Gasteiger partial charge in [-0.25, -0.2) is 4.39 Å². The number of rotatable bonds is 1. The molecule has 4 heteroatoms. The molecule has 1 aliphatic heterocycles. The van der Waals surface area contributed by atoms with E-state index in [2.05, 4.69) is 21.2 Å². The number of nitrogens with one attached hydrogen (secondary N) is 1. The van der Waals surface area contributed by atoms with Crippen LogP contribution < -0.4 is 10.1 Å². The van der Waals surface area contributed by atoms with Crippen LogP contribution in [0, 0.1) is 5.82 Å². The average molecular weight is 274 g/mol. The van der Waals surface area contributed by atoms with Crippen molar-refractivity contribution in [2.24, 2.45) is 0 Å². The molecule has 1 unspecified atom stereocenters. The van der Waals surface area contributed by atoms with Gasteiger partial charge in [0.2, 0.25) is 0 Å². The summed E-state index contributed by atoms with van der Waals surface area (Å²) in [6.07, 6.45) is 2.00. The second-order valence-electron chi connectivity index (χ2n) is 3.64. The van der Waals surface area contributed by atoms with Crippen molar-refractivity contribution in [1.82, 2.24) is 5.32 Å². The zero-order chi connectivity index (χ0) is 10.8. The Labute approximate surface area is 96.9 Å². The van der Waals surface area contributed by atoms with Gasteiger partial charge in [-0.2, -0.15) is 0 Å². The molecule has 1 aliphatic rings. The Bertz CT molecular complexity index is 370. The number of benzene rings is 1. The molecule has 1 aromatic carbocycles. The smallest absolute Gasteiger partial charge is 0.141 e. The maximum atomic E-state index is 13.3. The van der Waals surface area contributed by atoms with Gasteiger partial charge in [-0.3, -0.25) is 0 Å². The van der Waals surface area contributed by atoms with Crippen LogP contribution in [0.2, 0.25) is 0 Å². The standard InChI is InChI=1S/C11H13BrFNO/c1-14-10-3-2-4-15-11-6-9(13)8(12)5-7(10)11/h5-6,10,14H,2-4H2,1H3. The van der Waals surface area contributed by atoms with E-state index in [-0.39, 0.29) is 11.9 Å². The van der Waals surface area contributed by atoms with Crippen LogP contribution in [0.1, 0.15) is 24.4 Å². The van der Waals surface area contributed by atoms with Crippen molar-refractivity contribution in [3.8, 4) is 5.75 Å². The fraction of sp³-hybridized carbons (Fsp3) is 0.455. The van der Waals surface area contributed by atoms with Crippen molar-refractivity contribution in [3.63, 3.8) is 0 Å². The normalized spacial score (nSPS) is 20.3. The Balaban J connectivity index is 2.46. The van der Waals surface area contributed by atoms with Crippen molar-refractivity contribution in [2.45, 2.75) is 18.9 Å². The quantitative estimate of drug-likeness (QED) is 0.850. The molecule has 0 radical (unpaired) electrons. The topological polar surface area (TPSA) is 21.3 Å². The van der Waals surface area contributed by atoms with Gasteiger partial charge in [0.1, 0.15) is 11.6 Å². The fourth-order valence-corrected chi connectivity index (χ4v) is 2.23. The average Bonchev–Trinajstić information content (AvgIpc) is 2.41. The fourth-order valence-electron chi connectivity index (χ4n) is 1.87. The van der Waals surface area contributed by atoms with E-state index in [1.807, 2.05) is 7.05 Å². The highest BCUT2D eigenvalue weighted by Gasteiger charge is 2.20. The molecule has 1 aromatic rings. The van der Waals surface area contributed by atoms with Crippen molar-refractivity contribution in [2.75, 3.05) is 13.7 Å². The SMILES string of the molecule is CNC1CCCOc2cc(F)c(Br)cc21. The maximum absolute atomic E-state index is 13.3. The monoisotopic (exact) mass is 273 g/mol. The lowest BCUT2D eigenvalue weighted by molar-refractivity contribution is 0.314. The van der Waals surface area contributed by atoms with E-state index in [9.17, 15) is 4.39 Å². The summed E-state index contributed by atoms with van der Waals surface area (Å²) in [5, 5.41) is 3.22. The van der Waals surface area contributed by atoms with Crippen molar-refractivity contribution >= 4 is 15.9 Å². The van der Waals surface area contributed by atoms with Crippen molar-refractivity contribution in [1.29, 1.82) is 0 Å². The van der Waals surface area contributed by atoms with E-state index >= 15 is 0 Å². The third kappa shape index (κ3) is 2.16. The molecular formula is C11H13BrFNO. The van der Waals surface area contributed by atoms with Crippen LogP contribution in [0.5, 0.6) is 5.75 Å². The largest absolute Gasteiger partial charge is 0.493 e. The highest BCUT2D eigenvalue weighted by molar-refractivity contribution is 9.10. The maximum Gasteiger partial charge on any atom is 0.141 e. The van der Waals surface area contributed by atoms with Gasteiger partial charge < -0.3 is 10.1 Å². The molecule has 0 aliphatic carbocycles. The lowest BCUT2D eigenvalue weighted by atomic mass is 10.0. The summed E-state index contributed by atoms with van der Waals surface area (Å²) < 4.78 is 19.3. The number of halogens is 2. The first-order valence-corrected chi connectivity index (χ1v) is 5.80. The second-order valence-corrected chi connectivity index (χ2v) is 4.49. The molecule has 1 N–H and O–H groups in total. The first-order chi connectivity index (χ1) is 7.22. The molecule has 0 saturated carbocycles. The molecule has 2 nitrogen and oxygen atoms in total. The number of hydrogen-bond acceptors (Lipinski definition) is 2. The number of fused-ring (bicyclic) bond motifs is 1. The summed E-state index contributed by atoms with van der Waals surface area (Å²) in [6.45, 7) is 0.659. The predicted octanol–water partition coefficient (Wildman–Crippen LogP) is 3.02. The highest BCUT2D eigenvalue weighted by Crippen LogP contribution is 2.34. The molecule has 0 spiro atoms. The van der Waals surface area contributed by atoms with Gasteiger partial charge in [-0.1, -0.05) is 0 Å². The molecule has 0 saturated heterocycles. The molecule has 1 atom stereocenters. The lowest BCUT2D eigenvalue weighted by Crippen LogP contribution is -2.15. The molecule has 0 bridgehead atoms. The molecule has 2 rings (SSSR count). The molecular weight excluding hydrogens is 261 g/mol. The van der Waals surface area contributed by atoms with E-state index in [1.54, 1.807) is 6.07 Å². The summed E-state index contributed by atoms with van der Waals surface area (Å²) in [7, 11) is 1.91.